The van der Waals surface area contributed by atoms with Gasteiger partial charge >= 0.3 is 5.97 Å². The first-order valence-electron chi connectivity index (χ1n) is 3.40. The second-order valence-corrected chi connectivity index (χ2v) is 3.58. The Hall–Kier alpha value is -0.570. The summed E-state index contributed by atoms with van der Waals surface area (Å²) in [6.45, 7) is 4.14. The summed E-state index contributed by atoms with van der Waals surface area (Å²) >= 11 is 0. The molecule has 10 heavy (non-hydrogen) atoms. The van der Waals surface area contributed by atoms with Crippen LogP contribution in [0, 0.1) is 10.8 Å². The van der Waals surface area contributed by atoms with Crippen molar-refractivity contribution in [1.29, 1.82) is 0 Å². The molecule has 0 aromatic carbocycles. The number of nitrogens with two attached hydrogens (primary N) is 1. The monoisotopic (exact) mass is 143 g/mol. The average Bonchev–Trinajstić information content (AvgIpc) is 2.39. The van der Waals surface area contributed by atoms with Crippen LogP contribution in [-0.2, 0) is 4.79 Å². The van der Waals surface area contributed by atoms with Crippen LogP contribution in [0.15, 0.2) is 0 Å². The van der Waals surface area contributed by atoms with E-state index in [0.29, 0.717) is 13.0 Å². The Morgan fingerprint density at radius 1 is 1.70 bits per heavy atom. The standard InChI is InChI=1S/C7H13NO2/c1-6(4-8)3-7(6,2)5(9)10/h3-4,8H2,1-2H3,(H,9,10)/t6-,7+/m1/s1. The van der Waals surface area contributed by atoms with Gasteiger partial charge in [-0.2, -0.15) is 0 Å². The minimum Gasteiger partial charge on any atom is -0.481 e. The van der Waals surface area contributed by atoms with Crippen LogP contribution < -0.4 is 5.73 Å². The van der Waals surface area contributed by atoms with Crippen molar-refractivity contribution in [2.45, 2.75) is 20.3 Å². The third kappa shape index (κ3) is 0.669. The Morgan fingerprint density at radius 3 is 2.30 bits per heavy atom. The van der Waals surface area contributed by atoms with Crippen LogP contribution in [-0.4, -0.2) is 17.6 Å². The Balaban J connectivity index is 2.72. The van der Waals surface area contributed by atoms with Crippen molar-refractivity contribution in [3.63, 3.8) is 0 Å². The van der Waals surface area contributed by atoms with Crippen LogP contribution in [0.1, 0.15) is 20.3 Å². The fraction of sp³-hybridized carbons (Fsp3) is 0.857. The molecule has 0 amide bonds. The summed E-state index contributed by atoms with van der Waals surface area (Å²) in [7, 11) is 0. The third-order valence-corrected chi connectivity index (χ3v) is 2.87. The maximum atomic E-state index is 10.6. The molecule has 1 saturated carbocycles. The number of hydrogen-bond donors (Lipinski definition) is 2. The van der Waals surface area contributed by atoms with E-state index in [9.17, 15) is 4.79 Å². The van der Waals surface area contributed by atoms with Gasteiger partial charge in [0, 0.05) is 0 Å². The van der Waals surface area contributed by atoms with Gasteiger partial charge in [0.05, 0.1) is 5.41 Å². The molecule has 0 bridgehead atoms. The topological polar surface area (TPSA) is 63.3 Å². The molecule has 1 fully saturated rings. The van der Waals surface area contributed by atoms with Gasteiger partial charge in [0.2, 0.25) is 0 Å². The maximum Gasteiger partial charge on any atom is 0.309 e. The molecule has 0 aromatic rings. The Morgan fingerprint density at radius 2 is 2.20 bits per heavy atom. The lowest BCUT2D eigenvalue weighted by atomic mass is 9.97. The molecular weight excluding hydrogens is 130 g/mol. The van der Waals surface area contributed by atoms with Crippen molar-refractivity contribution in [2.75, 3.05) is 6.54 Å². The van der Waals surface area contributed by atoms with Crippen molar-refractivity contribution < 1.29 is 9.90 Å². The summed E-state index contributed by atoms with van der Waals surface area (Å²) in [5.74, 6) is -0.722. The summed E-state index contributed by atoms with van der Waals surface area (Å²) in [6.07, 6.45) is 0.714. The van der Waals surface area contributed by atoms with Gasteiger partial charge in [-0.3, -0.25) is 4.79 Å². The number of carbonyl (C=O) groups is 1. The molecule has 1 rings (SSSR count). The minimum atomic E-state index is -0.722. The summed E-state index contributed by atoms with van der Waals surface area (Å²) < 4.78 is 0. The van der Waals surface area contributed by atoms with Crippen LogP contribution in [0.2, 0.25) is 0 Å². The van der Waals surface area contributed by atoms with Gasteiger partial charge in [-0.1, -0.05) is 6.92 Å². The van der Waals surface area contributed by atoms with Crippen molar-refractivity contribution in [2.24, 2.45) is 16.6 Å². The molecule has 0 radical (unpaired) electrons. The highest BCUT2D eigenvalue weighted by Gasteiger charge is 2.65. The van der Waals surface area contributed by atoms with Crippen molar-refractivity contribution in [3.05, 3.63) is 0 Å². The van der Waals surface area contributed by atoms with Gasteiger partial charge < -0.3 is 10.8 Å². The summed E-state index contributed by atoms with van der Waals surface area (Å²) in [5.41, 5.74) is 4.71. The molecule has 2 atom stereocenters. The minimum absolute atomic E-state index is 0.154. The van der Waals surface area contributed by atoms with E-state index in [0.717, 1.165) is 0 Å². The zero-order chi connectivity index (χ0) is 7.99. The normalized spacial score (nSPS) is 45.1. The first kappa shape index (κ1) is 7.54. The van der Waals surface area contributed by atoms with E-state index in [1.165, 1.54) is 0 Å². The first-order chi connectivity index (χ1) is 4.46. The molecule has 0 aromatic heterocycles. The maximum absolute atomic E-state index is 10.6. The quantitative estimate of drug-likeness (QED) is 0.589. The average molecular weight is 143 g/mol. The number of carboxylic acid groups (broad SMARTS) is 1. The first-order valence-corrected chi connectivity index (χ1v) is 3.40. The second kappa shape index (κ2) is 1.72. The molecule has 58 valence electrons. The number of aliphatic carboxylic acids is 1. The van der Waals surface area contributed by atoms with Crippen molar-refractivity contribution in [3.8, 4) is 0 Å². The zero-order valence-electron chi connectivity index (χ0n) is 6.35. The molecule has 0 spiro atoms. The number of carboxylic acids is 1. The van der Waals surface area contributed by atoms with E-state index in [1.807, 2.05) is 6.92 Å². The van der Waals surface area contributed by atoms with E-state index in [4.69, 9.17) is 10.8 Å². The summed E-state index contributed by atoms with van der Waals surface area (Å²) in [6, 6.07) is 0. The number of hydrogen-bond acceptors (Lipinski definition) is 2. The molecule has 3 N–H and O–H groups in total. The zero-order valence-corrected chi connectivity index (χ0v) is 6.35. The molecule has 3 nitrogen and oxygen atoms in total. The van der Waals surface area contributed by atoms with Gasteiger partial charge in [0.1, 0.15) is 0 Å². The summed E-state index contributed by atoms with van der Waals surface area (Å²) in [5, 5.41) is 8.72. The van der Waals surface area contributed by atoms with Crippen LogP contribution in [0.4, 0.5) is 0 Å². The van der Waals surface area contributed by atoms with Crippen molar-refractivity contribution in [1.82, 2.24) is 0 Å². The molecule has 0 aliphatic heterocycles. The van der Waals surface area contributed by atoms with Gasteiger partial charge in [0.25, 0.3) is 0 Å². The molecule has 1 aliphatic rings. The smallest absolute Gasteiger partial charge is 0.309 e. The van der Waals surface area contributed by atoms with Gasteiger partial charge in [0.15, 0.2) is 0 Å². The van der Waals surface area contributed by atoms with Crippen LogP contribution >= 0.6 is 0 Å². The largest absolute Gasteiger partial charge is 0.481 e. The fourth-order valence-corrected chi connectivity index (χ4v) is 1.37. The predicted octanol–water partition coefficient (Wildman–Crippen LogP) is 0.446. The molecule has 1 aliphatic carbocycles. The van der Waals surface area contributed by atoms with E-state index in [2.05, 4.69) is 0 Å². The molecule has 3 heteroatoms. The predicted molar refractivity (Wildman–Crippen MR) is 37.5 cm³/mol. The lowest BCUT2D eigenvalue weighted by molar-refractivity contribution is -0.144. The summed E-state index contributed by atoms with van der Waals surface area (Å²) in [4.78, 5) is 10.6. The molecule has 0 heterocycles. The second-order valence-electron chi connectivity index (χ2n) is 3.58. The lowest BCUT2D eigenvalue weighted by Crippen LogP contribution is -2.24. The Kier molecular flexibility index (Phi) is 1.30. The lowest BCUT2D eigenvalue weighted by Gasteiger charge is -2.10. The van der Waals surface area contributed by atoms with E-state index < -0.39 is 11.4 Å². The molecule has 0 saturated heterocycles. The van der Waals surface area contributed by atoms with Gasteiger partial charge in [-0.05, 0) is 25.3 Å². The fourth-order valence-electron chi connectivity index (χ4n) is 1.37. The van der Waals surface area contributed by atoms with Crippen LogP contribution in [0.25, 0.3) is 0 Å². The van der Waals surface area contributed by atoms with Crippen LogP contribution in [0.5, 0.6) is 0 Å². The van der Waals surface area contributed by atoms with E-state index in [-0.39, 0.29) is 5.41 Å². The van der Waals surface area contributed by atoms with Crippen LogP contribution in [0.3, 0.4) is 0 Å². The van der Waals surface area contributed by atoms with E-state index >= 15 is 0 Å². The third-order valence-electron chi connectivity index (χ3n) is 2.87. The molecule has 0 unspecified atom stereocenters. The number of rotatable bonds is 2. The Bertz CT molecular complexity index is 180. The van der Waals surface area contributed by atoms with E-state index in [1.54, 1.807) is 6.92 Å². The SMILES string of the molecule is C[C@]1(CN)C[C@@]1(C)C(=O)O. The van der Waals surface area contributed by atoms with Gasteiger partial charge in [-0.15, -0.1) is 0 Å². The highest BCUT2D eigenvalue weighted by atomic mass is 16.4. The molecular formula is C7H13NO2. The highest BCUT2D eigenvalue weighted by molar-refractivity contribution is 5.79. The highest BCUT2D eigenvalue weighted by Crippen LogP contribution is 2.62. The van der Waals surface area contributed by atoms with Gasteiger partial charge in [-0.25, -0.2) is 0 Å². The van der Waals surface area contributed by atoms with Crippen molar-refractivity contribution >= 4 is 5.97 Å². The Labute approximate surface area is 60.2 Å².